The molecule has 0 bridgehead atoms. The lowest BCUT2D eigenvalue weighted by atomic mass is 9.92. The third-order valence-corrected chi connectivity index (χ3v) is 2.31. The SMILES string of the molecule is CC(C)(C)OOC1(N=[N+]=[N-])CCCCC1. The largest absolute Gasteiger partial charge is 0.230 e. The molecule has 0 aromatic rings. The lowest BCUT2D eigenvalue weighted by molar-refractivity contribution is -0.407. The van der Waals surface area contributed by atoms with Crippen molar-refractivity contribution in [1.82, 2.24) is 0 Å². The van der Waals surface area contributed by atoms with Crippen LogP contribution >= 0.6 is 0 Å². The van der Waals surface area contributed by atoms with Crippen LogP contribution in [0.1, 0.15) is 52.9 Å². The Hall–Kier alpha value is -0.770. The molecule has 1 saturated carbocycles. The Morgan fingerprint density at radius 1 is 1.20 bits per heavy atom. The Bertz CT molecular complexity index is 248. The summed E-state index contributed by atoms with van der Waals surface area (Å²) in [5.41, 5.74) is 7.38. The summed E-state index contributed by atoms with van der Waals surface area (Å²) in [7, 11) is 0. The standard InChI is InChI=1S/C10H19N3O2/c1-9(2,3)14-15-10(12-13-11)7-5-4-6-8-10/h4-8H2,1-3H3. The zero-order valence-corrected chi connectivity index (χ0v) is 9.69. The van der Waals surface area contributed by atoms with Gasteiger partial charge >= 0.3 is 0 Å². The number of hydrogen-bond acceptors (Lipinski definition) is 3. The Labute approximate surface area is 90.3 Å². The summed E-state index contributed by atoms with van der Waals surface area (Å²) < 4.78 is 0. The van der Waals surface area contributed by atoms with Gasteiger partial charge in [-0.05, 0) is 39.1 Å². The minimum atomic E-state index is -0.777. The first-order chi connectivity index (χ1) is 6.97. The lowest BCUT2D eigenvalue weighted by Crippen LogP contribution is -2.35. The van der Waals surface area contributed by atoms with E-state index in [2.05, 4.69) is 10.0 Å². The van der Waals surface area contributed by atoms with E-state index < -0.39 is 5.72 Å². The van der Waals surface area contributed by atoms with Crippen molar-refractivity contribution in [2.75, 3.05) is 0 Å². The third-order valence-electron chi connectivity index (χ3n) is 2.31. The van der Waals surface area contributed by atoms with Gasteiger partial charge < -0.3 is 0 Å². The molecule has 0 spiro atoms. The van der Waals surface area contributed by atoms with Crippen molar-refractivity contribution in [2.24, 2.45) is 5.11 Å². The third kappa shape index (κ3) is 4.08. The highest BCUT2D eigenvalue weighted by Gasteiger charge is 2.35. The Morgan fingerprint density at radius 3 is 2.27 bits per heavy atom. The van der Waals surface area contributed by atoms with Gasteiger partial charge in [0.2, 0.25) is 0 Å². The van der Waals surface area contributed by atoms with Crippen LogP contribution in [-0.4, -0.2) is 11.3 Å². The van der Waals surface area contributed by atoms with Gasteiger partial charge in [0.1, 0.15) is 0 Å². The van der Waals surface area contributed by atoms with Gasteiger partial charge in [-0.3, -0.25) is 0 Å². The number of hydrogen-bond donors (Lipinski definition) is 0. The Balaban J connectivity index is 2.60. The first kappa shape index (κ1) is 12.3. The van der Waals surface area contributed by atoms with E-state index in [9.17, 15) is 0 Å². The van der Waals surface area contributed by atoms with Crippen LogP contribution in [0.25, 0.3) is 10.4 Å². The van der Waals surface area contributed by atoms with Crippen LogP contribution in [0.3, 0.4) is 0 Å². The monoisotopic (exact) mass is 213 g/mol. The molecule has 0 saturated heterocycles. The van der Waals surface area contributed by atoms with Gasteiger partial charge in [0, 0.05) is 4.91 Å². The second kappa shape index (κ2) is 4.84. The molecule has 0 aromatic heterocycles. The summed E-state index contributed by atoms with van der Waals surface area (Å²) in [6, 6.07) is 0. The van der Waals surface area contributed by atoms with Gasteiger partial charge in [0.25, 0.3) is 0 Å². The molecule has 1 rings (SSSR count). The van der Waals surface area contributed by atoms with Gasteiger partial charge in [-0.2, -0.15) is 0 Å². The molecule has 5 heteroatoms. The zero-order valence-electron chi connectivity index (χ0n) is 9.69. The van der Waals surface area contributed by atoms with Crippen LogP contribution in [0.2, 0.25) is 0 Å². The predicted octanol–water partition coefficient (Wildman–Crippen LogP) is 3.70. The van der Waals surface area contributed by atoms with Crippen molar-refractivity contribution in [3.8, 4) is 0 Å². The number of nitrogens with zero attached hydrogens (tertiary/aromatic N) is 3. The van der Waals surface area contributed by atoms with E-state index in [0.29, 0.717) is 0 Å². The minimum absolute atomic E-state index is 0.380. The van der Waals surface area contributed by atoms with Crippen molar-refractivity contribution < 1.29 is 9.78 Å². The van der Waals surface area contributed by atoms with Gasteiger partial charge in [0.15, 0.2) is 5.72 Å². The summed E-state index contributed by atoms with van der Waals surface area (Å²) in [5.74, 6) is 0. The number of azide groups is 1. The molecule has 0 heterocycles. The fourth-order valence-corrected chi connectivity index (χ4v) is 1.59. The predicted molar refractivity (Wildman–Crippen MR) is 56.9 cm³/mol. The second-order valence-electron chi connectivity index (χ2n) is 4.98. The lowest BCUT2D eigenvalue weighted by Gasteiger charge is -2.33. The molecule has 0 amide bonds. The molecule has 1 aliphatic rings. The molecule has 86 valence electrons. The molecule has 1 fully saturated rings. The average Bonchev–Trinajstić information content (AvgIpc) is 2.16. The minimum Gasteiger partial charge on any atom is -0.230 e. The van der Waals surface area contributed by atoms with Crippen LogP contribution in [0.15, 0.2) is 5.11 Å². The normalized spacial score (nSPS) is 20.7. The maximum Gasteiger partial charge on any atom is 0.182 e. The Kier molecular flexibility index (Phi) is 3.97. The van der Waals surface area contributed by atoms with Crippen molar-refractivity contribution in [1.29, 1.82) is 0 Å². The van der Waals surface area contributed by atoms with Crippen LogP contribution in [-0.2, 0) is 9.78 Å². The van der Waals surface area contributed by atoms with Gasteiger partial charge in [0.05, 0.1) is 5.60 Å². The smallest absolute Gasteiger partial charge is 0.182 e. The summed E-state index contributed by atoms with van der Waals surface area (Å²) >= 11 is 0. The highest BCUT2D eigenvalue weighted by molar-refractivity contribution is 4.81. The topological polar surface area (TPSA) is 67.2 Å². The fourth-order valence-electron chi connectivity index (χ4n) is 1.59. The average molecular weight is 213 g/mol. The van der Waals surface area contributed by atoms with Crippen molar-refractivity contribution in [2.45, 2.75) is 64.2 Å². The Morgan fingerprint density at radius 2 is 1.80 bits per heavy atom. The molecule has 0 atom stereocenters. The maximum absolute atomic E-state index is 8.54. The van der Waals surface area contributed by atoms with E-state index in [-0.39, 0.29) is 5.60 Å². The van der Waals surface area contributed by atoms with Crippen LogP contribution in [0, 0.1) is 0 Å². The summed E-state index contributed by atoms with van der Waals surface area (Å²) in [5, 5.41) is 3.75. The first-order valence-corrected chi connectivity index (χ1v) is 5.41. The van der Waals surface area contributed by atoms with Crippen molar-refractivity contribution in [3.63, 3.8) is 0 Å². The van der Waals surface area contributed by atoms with Crippen LogP contribution in [0.5, 0.6) is 0 Å². The highest BCUT2D eigenvalue weighted by Crippen LogP contribution is 2.34. The molecule has 0 N–H and O–H groups in total. The van der Waals surface area contributed by atoms with E-state index in [4.69, 9.17) is 15.3 Å². The van der Waals surface area contributed by atoms with E-state index in [1.54, 1.807) is 0 Å². The van der Waals surface area contributed by atoms with Crippen LogP contribution in [0.4, 0.5) is 0 Å². The van der Waals surface area contributed by atoms with Gasteiger partial charge in [-0.1, -0.05) is 24.4 Å². The molecule has 1 aliphatic carbocycles. The van der Waals surface area contributed by atoms with Crippen LogP contribution < -0.4 is 0 Å². The van der Waals surface area contributed by atoms with Crippen molar-refractivity contribution >= 4 is 0 Å². The molecular formula is C10H19N3O2. The summed E-state index contributed by atoms with van der Waals surface area (Å²) in [6.45, 7) is 5.71. The van der Waals surface area contributed by atoms with Crippen molar-refractivity contribution in [3.05, 3.63) is 10.4 Å². The molecule has 0 aromatic carbocycles. The molecular weight excluding hydrogens is 194 g/mol. The molecule has 0 unspecified atom stereocenters. The van der Waals surface area contributed by atoms with E-state index in [1.165, 1.54) is 6.42 Å². The molecule has 0 radical (unpaired) electrons. The number of rotatable bonds is 3. The molecule has 15 heavy (non-hydrogen) atoms. The van der Waals surface area contributed by atoms with Gasteiger partial charge in [-0.25, -0.2) is 9.78 Å². The second-order valence-corrected chi connectivity index (χ2v) is 4.98. The molecule has 5 nitrogen and oxygen atoms in total. The fraction of sp³-hybridized carbons (Fsp3) is 1.00. The highest BCUT2D eigenvalue weighted by atomic mass is 17.2. The maximum atomic E-state index is 8.54. The summed E-state index contributed by atoms with van der Waals surface area (Å²) in [6.07, 6.45) is 4.70. The van der Waals surface area contributed by atoms with E-state index >= 15 is 0 Å². The quantitative estimate of drug-likeness (QED) is 0.236. The summed E-state index contributed by atoms with van der Waals surface area (Å²) in [4.78, 5) is 13.5. The zero-order chi connectivity index (χ0) is 11.4. The van der Waals surface area contributed by atoms with E-state index in [1.807, 2.05) is 20.8 Å². The first-order valence-electron chi connectivity index (χ1n) is 5.41. The molecule has 0 aliphatic heterocycles. The van der Waals surface area contributed by atoms with Gasteiger partial charge in [-0.15, -0.1) is 0 Å². The van der Waals surface area contributed by atoms with E-state index in [0.717, 1.165) is 25.7 Å².